The summed E-state index contributed by atoms with van der Waals surface area (Å²) in [4.78, 5) is 16.4. The van der Waals surface area contributed by atoms with Crippen molar-refractivity contribution >= 4 is 17.7 Å². The highest BCUT2D eigenvalue weighted by Crippen LogP contribution is 2.18. The number of nitrogens with zero attached hydrogens (tertiary/aromatic N) is 2. The highest BCUT2D eigenvalue weighted by atomic mass is 32.2. The van der Waals surface area contributed by atoms with Gasteiger partial charge in [0, 0.05) is 12.1 Å². The van der Waals surface area contributed by atoms with Crippen LogP contribution in [0.5, 0.6) is 0 Å². The van der Waals surface area contributed by atoms with Gasteiger partial charge >= 0.3 is 0 Å². The summed E-state index contributed by atoms with van der Waals surface area (Å²) in [5, 5.41) is 10.7. The molecule has 0 aliphatic carbocycles. The maximum atomic E-state index is 12.0. The number of rotatable bonds is 10. The second kappa shape index (κ2) is 10.1. The highest BCUT2D eigenvalue weighted by Gasteiger charge is 2.11. The molecule has 0 unspecified atom stereocenters. The SMILES string of the molecule is CCCC[C@H](CC)CNC(=O)CSc1n[nH]c(-c2ccccc2)n1. The summed E-state index contributed by atoms with van der Waals surface area (Å²) >= 11 is 1.36. The molecule has 1 amide bonds. The zero-order valence-electron chi connectivity index (χ0n) is 14.4. The monoisotopic (exact) mass is 346 g/mol. The third-order valence-electron chi connectivity index (χ3n) is 3.98. The van der Waals surface area contributed by atoms with Gasteiger partial charge in [-0.1, -0.05) is 75.2 Å². The van der Waals surface area contributed by atoms with Crippen molar-refractivity contribution in [2.24, 2.45) is 5.92 Å². The third-order valence-corrected chi connectivity index (χ3v) is 4.82. The van der Waals surface area contributed by atoms with Crippen molar-refractivity contribution in [2.75, 3.05) is 12.3 Å². The van der Waals surface area contributed by atoms with Crippen LogP contribution in [0.4, 0.5) is 0 Å². The molecular weight excluding hydrogens is 320 g/mol. The molecule has 1 aromatic heterocycles. The Morgan fingerprint density at radius 3 is 2.79 bits per heavy atom. The molecule has 0 aliphatic rings. The largest absolute Gasteiger partial charge is 0.355 e. The van der Waals surface area contributed by atoms with E-state index >= 15 is 0 Å². The lowest BCUT2D eigenvalue weighted by Gasteiger charge is -2.14. The molecule has 5 nitrogen and oxygen atoms in total. The number of hydrogen-bond donors (Lipinski definition) is 2. The van der Waals surface area contributed by atoms with Crippen LogP contribution in [-0.2, 0) is 4.79 Å². The number of amides is 1. The Labute approximate surface area is 148 Å². The van der Waals surface area contributed by atoms with Crippen LogP contribution in [0.2, 0.25) is 0 Å². The second-order valence-electron chi connectivity index (χ2n) is 5.84. The molecule has 0 saturated carbocycles. The summed E-state index contributed by atoms with van der Waals surface area (Å²) in [5.74, 6) is 1.69. The van der Waals surface area contributed by atoms with Gasteiger partial charge in [-0.05, 0) is 12.3 Å². The van der Waals surface area contributed by atoms with Crippen molar-refractivity contribution in [1.82, 2.24) is 20.5 Å². The maximum Gasteiger partial charge on any atom is 0.230 e. The van der Waals surface area contributed by atoms with E-state index in [-0.39, 0.29) is 5.91 Å². The van der Waals surface area contributed by atoms with Gasteiger partial charge < -0.3 is 5.32 Å². The molecule has 130 valence electrons. The fourth-order valence-electron chi connectivity index (χ4n) is 2.42. The summed E-state index contributed by atoms with van der Waals surface area (Å²) in [6.45, 7) is 5.14. The van der Waals surface area contributed by atoms with Gasteiger partial charge in [0.25, 0.3) is 0 Å². The average molecular weight is 347 g/mol. The minimum atomic E-state index is 0.0426. The maximum absolute atomic E-state index is 12.0. The molecule has 24 heavy (non-hydrogen) atoms. The predicted octanol–water partition coefficient (Wildman–Crippen LogP) is 3.90. The number of carbonyl (C=O) groups excluding carboxylic acids is 1. The average Bonchev–Trinajstić information content (AvgIpc) is 3.10. The van der Waals surface area contributed by atoms with Crippen molar-refractivity contribution in [3.05, 3.63) is 30.3 Å². The standard InChI is InChI=1S/C18H26N4OS/c1-3-5-9-14(4-2)12-19-16(23)13-24-18-20-17(21-22-18)15-10-7-6-8-11-15/h6-8,10-11,14H,3-5,9,12-13H2,1-2H3,(H,19,23)(H,20,21,22)/t14-/m0/s1. The van der Waals surface area contributed by atoms with Crippen LogP contribution in [0.3, 0.4) is 0 Å². The first-order chi connectivity index (χ1) is 11.7. The summed E-state index contributed by atoms with van der Waals surface area (Å²) in [6.07, 6.45) is 4.72. The second-order valence-corrected chi connectivity index (χ2v) is 6.78. The molecule has 1 atom stereocenters. The number of nitrogens with one attached hydrogen (secondary N) is 2. The normalized spacial score (nSPS) is 12.1. The lowest BCUT2D eigenvalue weighted by atomic mass is 9.99. The van der Waals surface area contributed by atoms with Crippen molar-refractivity contribution in [3.63, 3.8) is 0 Å². The molecule has 2 N–H and O–H groups in total. The Bertz CT molecular complexity index is 614. The highest BCUT2D eigenvalue weighted by molar-refractivity contribution is 7.99. The van der Waals surface area contributed by atoms with Crippen LogP contribution >= 0.6 is 11.8 Å². The number of hydrogen-bond acceptors (Lipinski definition) is 4. The van der Waals surface area contributed by atoms with Gasteiger partial charge in [-0.3, -0.25) is 9.89 Å². The Kier molecular flexibility index (Phi) is 7.82. The number of thioether (sulfide) groups is 1. The molecule has 0 radical (unpaired) electrons. The fourth-order valence-corrected chi connectivity index (χ4v) is 3.05. The number of aromatic amines is 1. The van der Waals surface area contributed by atoms with E-state index in [1.165, 1.54) is 31.0 Å². The molecule has 2 aromatic rings. The van der Waals surface area contributed by atoms with Crippen molar-refractivity contribution in [1.29, 1.82) is 0 Å². The van der Waals surface area contributed by atoms with Crippen LogP contribution in [-0.4, -0.2) is 33.4 Å². The number of aromatic nitrogens is 3. The van der Waals surface area contributed by atoms with E-state index in [2.05, 4.69) is 34.3 Å². The zero-order chi connectivity index (χ0) is 17.2. The van der Waals surface area contributed by atoms with E-state index in [1.54, 1.807) is 0 Å². The van der Waals surface area contributed by atoms with Crippen molar-refractivity contribution in [3.8, 4) is 11.4 Å². The molecule has 6 heteroatoms. The Balaban J connectivity index is 1.75. The lowest BCUT2D eigenvalue weighted by Crippen LogP contribution is -2.30. The lowest BCUT2D eigenvalue weighted by molar-refractivity contribution is -0.118. The van der Waals surface area contributed by atoms with Gasteiger partial charge in [0.05, 0.1) is 5.75 Å². The molecule has 0 saturated heterocycles. The topological polar surface area (TPSA) is 70.7 Å². The van der Waals surface area contributed by atoms with Gasteiger partial charge in [0.2, 0.25) is 11.1 Å². The minimum absolute atomic E-state index is 0.0426. The molecular formula is C18H26N4OS. The first-order valence-electron chi connectivity index (χ1n) is 8.60. The molecule has 1 heterocycles. The Hall–Kier alpha value is -1.82. The van der Waals surface area contributed by atoms with E-state index in [1.807, 2.05) is 30.3 Å². The van der Waals surface area contributed by atoms with Crippen molar-refractivity contribution in [2.45, 2.75) is 44.7 Å². The quantitative estimate of drug-likeness (QED) is 0.640. The summed E-state index contributed by atoms with van der Waals surface area (Å²) in [6, 6.07) is 9.83. The number of benzene rings is 1. The van der Waals surface area contributed by atoms with E-state index < -0.39 is 0 Å². The molecule has 1 aromatic carbocycles. The van der Waals surface area contributed by atoms with E-state index in [0.29, 0.717) is 16.8 Å². The number of carbonyl (C=O) groups is 1. The van der Waals surface area contributed by atoms with Crippen LogP contribution < -0.4 is 5.32 Å². The molecule has 0 aliphatic heterocycles. The predicted molar refractivity (Wildman–Crippen MR) is 98.9 cm³/mol. The van der Waals surface area contributed by atoms with Gasteiger partial charge in [-0.2, -0.15) is 0 Å². The fraction of sp³-hybridized carbons (Fsp3) is 0.500. The molecule has 2 rings (SSSR count). The van der Waals surface area contributed by atoms with E-state index in [4.69, 9.17) is 0 Å². The zero-order valence-corrected chi connectivity index (χ0v) is 15.2. The Morgan fingerprint density at radius 1 is 1.29 bits per heavy atom. The van der Waals surface area contributed by atoms with E-state index in [0.717, 1.165) is 24.4 Å². The van der Waals surface area contributed by atoms with Gasteiger partial charge in [-0.15, -0.1) is 5.10 Å². The van der Waals surface area contributed by atoms with Crippen LogP contribution in [0.15, 0.2) is 35.5 Å². The summed E-state index contributed by atoms with van der Waals surface area (Å²) in [7, 11) is 0. The number of H-pyrrole nitrogens is 1. The summed E-state index contributed by atoms with van der Waals surface area (Å²) in [5.41, 5.74) is 0.989. The van der Waals surface area contributed by atoms with E-state index in [9.17, 15) is 4.79 Å². The number of unbranched alkanes of at least 4 members (excludes halogenated alkanes) is 1. The molecule has 0 bridgehead atoms. The third kappa shape index (κ3) is 6.00. The Morgan fingerprint density at radius 2 is 2.08 bits per heavy atom. The summed E-state index contributed by atoms with van der Waals surface area (Å²) < 4.78 is 0. The first-order valence-corrected chi connectivity index (χ1v) is 9.58. The van der Waals surface area contributed by atoms with Crippen molar-refractivity contribution < 1.29 is 4.79 Å². The smallest absolute Gasteiger partial charge is 0.230 e. The van der Waals surface area contributed by atoms with Crippen LogP contribution in [0.25, 0.3) is 11.4 Å². The van der Waals surface area contributed by atoms with Gasteiger partial charge in [-0.25, -0.2) is 4.98 Å². The van der Waals surface area contributed by atoms with Gasteiger partial charge in [0.15, 0.2) is 5.82 Å². The van der Waals surface area contributed by atoms with Gasteiger partial charge in [0.1, 0.15) is 0 Å². The minimum Gasteiger partial charge on any atom is -0.355 e. The first kappa shape index (κ1) is 18.5. The molecule has 0 spiro atoms. The van der Waals surface area contributed by atoms with Crippen LogP contribution in [0.1, 0.15) is 39.5 Å². The van der Waals surface area contributed by atoms with Crippen LogP contribution in [0, 0.1) is 5.92 Å². The molecule has 0 fully saturated rings.